The van der Waals surface area contributed by atoms with Crippen molar-refractivity contribution in [3.05, 3.63) is 18.2 Å². The molecule has 1 aliphatic rings. The van der Waals surface area contributed by atoms with E-state index < -0.39 is 5.41 Å². The van der Waals surface area contributed by atoms with E-state index in [9.17, 15) is 4.79 Å². The van der Waals surface area contributed by atoms with Crippen LogP contribution >= 0.6 is 12.4 Å². The number of nitrogens with one attached hydrogen (secondary N) is 2. The van der Waals surface area contributed by atoms with Crippen molar-refractivity contribution in [2.45, 2.75) is 39.5 Å². The number of ether oxygens (including phenoxy) is 3. The molecule has 1 aromatic carbocycles. The average molecular weight is 401 g/mol. The van der Waals surface area contributed by atoms with Crippen molar-refractivity contribution in [1.29, 1.82) is 0 Å². The number of piperidine rings is 1. The molecule has 0 aromatic heterocycles. The number of anilines is 1. The average Bonchev–Trinajstić information content (AvgIpc) is 2.66. The molecule has 7 heteroatoms. The van der Waals surface area contributed by atoms with E-state index in [1.807, 2.05) is 18.2 Å². The quantitative estimate of drug-likeness (QED) is 0.627. The van der Waals surface area contributed by atoms with Crippen LogP contribution in [0.1, 0.15) is 39.5 Å². The van der Waals surface area contributed by atoms with E-state index in [1.54, 1.807) is 7.11 Å². The summed E-state index contributed by atoms with van der Waals surface area (Å²) in [5, 5.41) is 6.36. The molecule has 0 bridgehead atoms. The standard InChI is InChI=1S/C20H32N2O4.ClH/c1-4-12-25-17-7-6-16(14-18(17)26-13-5-2)22-19(23)20(15-24-3)8-10-21-11-9-20;/h6-7,14,21H,4-5,8-13,15H2,1-3H3,(H,22,23);1H. The van der Waals surface area contributed by atoms with Crippen molar-refractivity contribution in [2.24, 2.45) is 5.41 Å². The van der Waals surface area contributed by atoms with Crippen LogP contribution < -0.4 is 20.1 Å². The van der Waals surface area contributed by atoms with Crippen LogP contribution in [-0.4, -0.2) is 45.9 Å². The SMILES string of the molecule is CCCOc1ccc(NC(=O)C2(COC)CCNCC2)cc1OCCC.Cl. The van der Waals surface area contributed by atoms with E-state index in [2.05, 4.69) is 24.5 Å². The highest BCUT2D eigenvalue weighted by Crippen LogP contribution is 2.34. The minimum Gasteiger partial charge on any atom is -0.490 e. The van der Waals surface area contributed by atoms with Gasteiger partial charge in [0, 0.05) is 18.9 Å². The van der Waals surface area contributed by atoms with E-state index in [0.29, 0.717) is 31.3 Å². The fraction of sp³-hybridized carbons (Fsp3) is 0.650. The molecule has 27 heavy (non-hydrogen) atoms. The first-order valence-corrected chi connectivity index (χ1v) is 9.56. The molecule has 1 heterocycles. The lowest BCUT2D eigenvalue weighted by atomic mass is 9.78. The summed E-state index contributed by atoms with van der Waals surface area (Å²) in [6.07, 6.45) is 3.38. The number of rotatable bonds is 10. The van der Waals surface area contributed by atoms with Crippen LogP contribution in [0.15, 0.2) is 18.2 Å². The predicted molar refractivity (Wildman–Crippen MR) is 110 cm³/mol. The largest absolute Gasteiger partial charge is 0.490 e. The summed E-state index contributed by atoms with van der Waals surface area (Å²) in [5.41, 5.74) is 0.237. The third-order valence-corrected chi connectivity index (χ3v) is 4.59. The summed E-state index contributed by atoms with van der Waals surface area (Å²) < 4.78 is 16.9. The molecule has 1 fully saturated rings. The van der Waals surface area contributed by atoms with Crippen LogP contribution in [0, 0.1) is 5.41 Å². The third kappa shape index (κ3) is 6.55. The van der Waals surface area contributed by atoms with Gasteiger partial charge in [0.1, 0.15) is 0 Å². The molecule has 0 saturated carbocycles. The van der Waals surface area contributed by atoms with Crippen LogP contribution in [0.4, 0.5) is 5.69 Å². The summed E-state index contributed by atoms with van der Waals surface area (Å²) in [6, 6.07) is 5.57. The summed E-state index contributed by atoms with van der Waals surface area (Å²) in [5.74, 6) is 1.39. The Bertz CT molecular complexity index is 572. The molecule has 1 aliphatic heterocycles. The molecule has 0 unspecified atom stereocenters. The molecular weight excluding hydrogens is 368 g/mol. The second-order valence-electron chi connectivity index (χ2n) is 6.78. The first-order chi connectivity index (χ1) is 12.6. The van der Waals surface area contributed by atoms with Crippen LogP contribution in [0.5, 0.6) is 11.5 Å². The Morgan fingerprint density at radius 1 is 1.11 bits per heavy atom. The predicted octanol–water partition coefficient (Wildman–Crippen LogP) is 3.64. The van der Waals surface area contributed by atoms with Crippen LogP contribution in [0.3, 0.4) is 0 Å². The molecule has 0 atom stereocenters. The first kappa shape index (κ1) is 23.5. The van der Waals surface area contributed by atoms with Gasteiger partial charge in [0.15, 0.2) is 11.5 Å². The number of methoxy groups -OCH3 is 1. The van der Waals surface area contributed by atoms with Gasteiger partial charge in [-0.3, -0.25) is 4.79 Å². The molecular formula is C20H33ClN2O4. The molecule has 154 valence electrons. The molecule has 2 N–H and O–H groups in total. The molecule has 1 saturated heterocycles. The first-order valence-electron chi connectivity index (χ1n) is 9.56. The van der Waals surface area contributed by atoms with Gasteiger partial charge < -0.3 is 24.8 Å². The second kappa shape index (κ2) is 12.1. The van der Waals surface area contributed by atoms with E-state index in [0.717, 1.165) is 44.5 Å². The van der Waals surface area contributed by atoms with Crippen molar-refractivity contribution >= 4 is 24.0 Å². The van der Waals surface area contributed by atoms with Crippen molar-refractivity contribution in [3.8, 4) is 11.5 Å². The van der Waals surface area contributed by atoms with Crippen LogP contribution in [0.2, 0.25) is 0 Å². The van der Waals surface area contributed by atoms with Gasteiger partial charge in [0.25, 0.3) is 0 Å². The minimum absolute atomic E-state index is 0. The Labute approximate surface area is 168 Å². The Kier molecular flexibility index (Phi) is 10.5. The number of amides is 1. The van der Waals surface area contributed by atoms with E-state index in [-0.39, 0.29) is 18.3 Å². The normalized spacial score (nSPS) is 15.5. The Hall–Kier alpha value is -1.50. The number of hydrogen-bond acceptors (Lipinski definition) is 5. The zero-order chi connectivity index (χ0) is 18.8. The number of carbonyl (C=O) groups excluding carboxylic acids is 1. The smallest absolute Gasteiger partial charge is 0.233 e. The lowest BCUT2D eigenvalue weighted by Gasteiger charge is -2.35. The molecule has 1 amide bonds. The topological polar surface area (TPSA) is 68.8 Å². The Morgan fingerprint density at radius 2 is 1.74 bits per heavy atom. The zero-order valence-electron chi connectivity index (χ0n) is 16.6. The van der Waals surface area contributed by atoms with E-state index in [1.165, 1.54) is 0 Å². The maximum atomic E-state index is 13.0. The number of halogens is 1. The van der Waals surface area contributed by atoms with E-state index in [4.69, 9.17) is 14.2 Å². The Balaban J connectivity index is 0.00000364. The Morgan fingerprint density at radius 3 is 2.33 bits per heavy atom. The lowest BCUT2D eigenvalue weighted by Crippen LogP contribution is -2.47. The lowest BCUT2D eigenvalue weighted by molar-refractivity contribution is -0.130. The van der Waals surface area contributed by atoms with Crippen LogP contribution in [0.25, 0.3) is 0 Å². The van der Waals surface area contributed by atoms with Gasteiger partial charge >= 0.3 is 0 Å². The number of benzene rings is 1. The zero-order valence-corrected chi connectivity index (χ0v) is 17.5. The minimum atomic E-state index is -0.484. The van der Waals surface area contributed by atoms with Crippen molar-refractivity contribution < 1.29 is 19.0 Å². The molecule has 2 rings (SSSR count). The highest BCUT2D eigenvalue weighted by Gasteiger charge is 2.39. The highest BCUT2D eigenvalue weighted by molar-refractivity contribution is 5.95. The van der Waals surface area contributed by atoms with Crippen LogP contribution in [-0.2, 0) is 9.53 Å². The van der Waals surface area contributed by atoms with Crippen molar-refractivity contribution in [2.75, 3.05) is 45.3 Å². The summed E-state index contributed by atoms with van der Waals surface area (Å²) >= 11 is 0. The van der Waals surface area contributed by atoms with Gasteiger partial charge in [0.05, 0.1) is 25.2 Å². The monoisotopic (exact) mass is 400 g/mol. The summed E-state index contributed by atoms with van der Waals surface area (Å²) in [4.78, 5) is 13.0. The summed E-state index contributed by atoms with van der Waals surface area (Å²) in [6.45, 7) is 7.45. The molecule has 1 aromatic rings. The van der Waals surface area contributed by atoms with Gasteiger partial charge in [0.2, 0.25) is 5.91 Å². The van der Waals surface area contributed by atoms with Gasteiger partial charge in [-0.25, -0.2) is 0 Å². The maximum absolute atomic E-state index is 13.0. The second-order valence-corrected chi connectivity index (χ2v) is 6.78. The van der Waals surface area contributed by atoms with E-state index >= 15 is 0 Å². The molecule has 0 aliphatic carbocycles. The molecule has 6 nitrogen and oxygen atoms in total. The fourth-order valence-electron chi connectivity index (χ4n) is 3.12. The maximum Gasteiger partial charge on any atom is 0.233 e. The van der Waals surface area contributed by atoms with Gasteiger partial charge in [-0.15, -0.1) is 12.4 Å². The fourth-order valence-corrected chi connectivity index (χ4v) is 3.12. The van der Waals surface area contributed by atoms with Gasteiger partial charge in [-0.05, 0) is 50.9 Å². The van der Waals surface area contributed by atoms with Gasteiger partial charge in [-0.2, -0.15) is 0 Å². The van der Waals surface area contributed by atoms with Crippen molar-refractivity contribution in [3.63, 3.8) is 0 Å². The highest BCUT2D eigenvalue weighted by atomic mass is 35.5. The summed E-state index contributed by atoms with van der Waals surface area (Å²) in [7, 11) is 1.65. The molecule has 0 spiro atoms. The third-order valence-electron chi connectivity index (χ3n) is 4.59. The number of hydrogen-bond donors (Lipinski definition) is 2. The number of carbonyl (C=O) groups is 1. The van der Waals surface area contributed by atoms with Crippen molar-refractivity contribution in [1.82, 2.24) is 5.32 Å². The molecule has 0 radical (unpaired) electrons. The van der Waals surface area contributed by atoms with Gasteiger partial charge in [-0.1, -0.05) is 13.8 Å².